The van der Waals surface area contributed by atoms with Crippen LogP contribution in [0.2, 0.25) is 0 Å². The first-order valence-electron chi connectivity index (χ1n) is 6.52. The SMILES string of the molecule is COC(=O)N[C@@H]1CCN(C2CCC(N)CC2)C1=O. The number of nitrogens with zero attached hydrogens (tertiary/aromatic N) is 1. The van der Waals surface area contributed by atoms with Crippen molar-refractivity contribution < 1.29 is 14.3 Å². The molecule has 2 rings (SSSR count). The highest BCUT2D eigenvalue weighted by atomic mass is 16.5. The molecular weight excluding hydrogens is 234 g/mol. The van der Waals surface area contributed by atoms with Crippen LogP contribution in [0, 0.1) is 0 Å². The van der Waals surface area contributed by atoms with Crippen LogP contribution >= 0.6 is 0 Å². The van der Waals surface area contributed by atoms with Crippen molar-refractivity contribution in [3.63, 3.8) is 0 Å². The summed E-state index contributed by atoms with van der Waals surface area (Å²) >= 11 is 0. The van der Waals surface area contributed by atoms with Crippen molar-refractivity contribution in [3.05, 3.63) is 0 Å². The Morgan fingerprint density at radius 2 is 2.00 bits per heavy atom. The summed E-state index contributed by atoms with van der Waals surface area (Å²) in [5.41, 5.74) is 5.86. The Morgan fingerprint density at radius 3 is 2.61 bits per heavy atom. The number of alkyl carbamates (subject to hydrolysis) is 1. The molecule has 102 valence electrons. The van der Waals surface area contributed by atoms with E-state index in [1.165, 1.54) is 7.11 Å². The van der Waals surface area contributed by atoms with Crippen molar-refractivity contribution in [2.75, 3.05) is 13.7 Å². The number of ether oxygens (including phenoxy) is 1. The van der Waals surface area contributed by atoms with Gasteiger partial charge in [0, 0.05) is 18.6 Å². The molecule has 1 aliphatic heterocycles. The average molecular weight is 255 g/mol. The lowest BCUT2D eigenvalue weighted by Gasteiger charge is -2.33. The van der Waals surface area contributed by atoms with E-state index in [1.807, 2.05) is 4.90 Å². The van der Waals surface area contributed by atoms with E-state index in [-0.39, 0.29) is 11.9 Å². The Hall–Kier alpha value is -1.30. The standard InChI is InChI=1S/C12H21N3O3/c1-18-12(17)14-10-6-7-15(11(10)16)9-4-2-8(13)3-5-9/h8-10H,2-7,13H2,1H3,(H,14,17)/t8?,9?,10-/m1/s1. The zero-order chi connectivity index (χ0) is 13.1. The van der Waals surface area contributed by atoms with Crippen LogP contribution in [0.15, 0.2) is 0 Å². The van der Waals surface area contributed by atoms with Crippen molar-refractivity contribution >= 4 is 12.0 Å². The van der Waals surface area contributed by atoms with E-state index >= 15 is 0 Å². The van der Waals surface area contributed by atoms with E-state index in [2.05, 4.69) is 10.1 Å². The lowest BCUT2D eigenvalue weighted by Crippen LogP contribution is -2.46. The van der Waals surface area contributed by atoms with E-state index in [0.29, 0.717) is 19.0 Å². The fourth-order valence-electron chi connectivity index (χ4n) is 2.81. The fourth-order valence-corrected chi connectivity index (χ4v) is 2.81. The minimum Gasteiger partial charge on any atom is -0.453 e. The lowest BCUT2D eigenvalue weighted by atomic mass is 9.91. The second-order valence-corrected chi connectivity index (χ2v) is 5.08. The maximum atomic E-state index is 12.2. The summed E-state index contributed by atoms with van der Waals surface area (Å²) in [6.07, 6.45) is 4.01. The topological polar surface area (TPSA) is 84.7 Å². The van der Waals surface area contributed by atoms with Gasteiger partial charge in [0.15, 0.2) is 0 Å². The van der Waals surface area contributed by atoms with Gasteiger partial charge in [-0.2, -0.15) is 0 Å². The largest absolute Gasteiger partial charge is 0.453 e. The first-order chi connectivity index (χ1) is 8.61. The number of methoxy groups -OCH3 is 1. The summed E-state index contributed by atoms with van der Waals surface area (Å²) in [4.78, 5) is 25.2. The monoisotopic (exact) mass is 255 g/mol. The van der Waals surface area contributed by atoms with E-state index in [0.717, 1.165) is 25.7 Å². The maximum Gasteiger partial charge on any atom is 0.407 e. The van der Waals surface area contributed by atoms with E-state index in [9.17, 15) is 9.59 Å². The van der Waals surface area contributed by atoms with Crippen molar-refractivity contribution in [1.29, 1.82) is 0 Å². The van der Waals surface area contributed by atoms with Crippen molar-refractivity contribution in [1.82, 2.24) is 10.2 Å². The van der Waals surface area contributed by atoms with Crippen LogP contribution < -0.4 is 11.1 Å². The quantitative estimate of drug-likeness (QED) is 0.739. The van der Waals surface area contributed by atoms with E-state index < -0.39 is 12.1 Å². The summed E-state index contributed by atoms with van der Waals surface area (Å²) in [6, 6.07) is 0.151. The second-order valence-electron chi connectivity index (χ2n) is 5.08. The van der Waals surface area contributed by atoms with Gasteiger partial charge in [-0.15, -0.1) is 0 Å². The molecule has 0 unspecified atom stereocenters. The summed E-state index contributed by atoms with van der Waals surface area (Å²) in [5, 5.41) is 2.58. The molecular formula is C12H21N3O3. The molecule has 0 bridgehead atoms. The first kappa shape index (κ1) is 13.1. The fraction of sp³-hybridized carbons (Fsp3) is 0.833. The number of likely N-dealkylation sites (tertiary alicyclic amines) is 1. The number of carbonyl (C=O) groups is 2. The van der Waals surface area contributed by atoms with Crippen LogP contribution in [-0.2, 0) is 9.53 Å². The Labute approximate surface area is 107 Å². The molecule has 1 heterocycles. The van der Waals surface area contributed by atoms with Crippen LogP contribution in [0.5, 0.6) is 0 Å². The second kappa shape index (κ2) is 5.56. The Kier molecular flexibility index (Phi) is 4.06. The van der Waals surface area contributed by atoms with Crippen LogP contribution in [0.1, 0.15) is 32.1 Å². The maximum absolute atomic E-state index is 12.2. The molecule has 6 nitrogen and oxygen atoms in total. The number of carbonyl (C=O) groups excluding carboxylic acids is 2. The van der Waals surface area contributed by atoms with Crippen LogP contribution in [0.4, 0.5) is 4.79 Å². The number of nitrogens with two attached hydrogens (primary N) is 1. The zero-order valence-corrected chi connectivity index (χ0v) is 10.7. The van der Waals surface area contributed by atoms with Gasteiger partial charge in [-0.25, -0.2) is 4.79 Å². The molecule has 1 atom stereocenters. The van der Waals surface area contributed by atoms with Gasteiger partial charge in [-0.1, -0.05) is 0 Å². The Bertz CT molecular complexity index is 327. The first-order valence-corrected chi connectivity index (χ1v) is 6.52. The van der Waals surface area contributed by atoms with Crippen molar-refractivity contribution in [2.24, 2.45) is 5.73 Å². The number of rotatable bonds is 2. The summed E-state index contributed by atoms with van der Waals surface area (Å²) in [7, 11) is 1.30. The lowest BCUT2D eigenvalue weighted by molar-refractivity contribution is -0.131. The average Bonchev–Trinajstić information content (AvgIpc) is 2.72. The van der Waals surface area contributed by atoms with Gasteiger partial charge in [-0.3, -0.25) is 4.79 Å². The Balaban J connectivity index is 1.88. The molecule has 3 N–H and O–H groups in total. The molecule has 1 saturated heterocycles. The molecule has 0 aromatic rings. The minimum atomic E-state index is -0.541. The van der Waals surface area contributed by atoms with Gasteiger partial charge < -0.3 is 20.7 Å². The predicted molar refractivity (Wildman–Crippen MR) is 65.9 cm³/mol. The molecule has 0 radical (unpaired) electrons. The molecule has 1 aliphatic carbocycles. The molecule has 2 fully saturated rings. The third-order valence-corrected chi connectivity index (χ3v) is 3.90. The predicted octanol–water partition coefficient (Wildman–Crippen LogP) is 0.213. The van der Waals surface area contributed by atoms with Gasteiger partial charge in [0.1, 0.15) is 6.04 Å². The number of hydrogen-bond acceptors (Lipinski definition) is 4. The third kappa shape index (κ3) is 2.75. The highest BCUT2D eigenvalue weighted by Gasteiger charge is 2.37. The highest BCUT2D eigenvalue weighted by molar-refractivity contribution is 5.87. The molecule has 0 aromatic heterocycles. The van der Waals surface area contributed by atoms with Crippen LogP contribution in [-0.4, -0.2) is 48.7 Å². The van der Waals surface area contributed by atoms with Gasteiger partial charge >= 0.3 is 6.09 Å². The number of amides is 2. The van der Waals surface area contributed by atoms with Gasteiger partial charge in [0.25, 0.3) is 0 Å². The summed E-state index contributed by atoms with van der Waals surface area (Å²) in [5.74, 6) is 0.0147. The van der Waals surface area contributed by atoms with E-state index in [1.54, 1.807) is 0 Å². The molecule has 0 spiro atoms. The number of hydrogen-bond donors (Lipinski definition) is 2. The zero-order valence-electron chi connectivity index (χ0n) is 10.7. The van der Waals surface area contributed by atoms with Gasteiger partial charge in [0.05, 0.1) is 7.11 Å². The summed E-state index contributed by atoms with van der Waals surface area (Å²) in [6.45, 7) is 0.716. The van der Waals surface area contributed by atoms with Crippen molar-refractivity contribution in [3.8, 4) is 0 Å². The van der Waals surface area contributed by atoms with Crippen LogP contribution in [0.3, 0.4) is 0 Å². The van der Waals surface area contributed by atoms with E-state index in [4.69, 9.17) is 5.73 Å². The molecule has 18 heavy (non-hydrogen) atoms. The molecule has 2 amide bonds. The van der Waals surface area contributed by atoms with Gasteiger partial charge in [0.2, 0.25) is 5.91 Å². The summed E-state index contributed by atoms with van der Waals surface area (Å²) < 4.78 is 4.52. The Morgan fingerprint density at radius 1 is 1.33 bits per heavy atom. The third-order valence-electron chi connectivity index (χ3n) is 3.90. The van der Waals surface area contributed by atoms with Crippen LogP contribution in [0.25, 0.3) is 0 Å². The van der Waals surface area contributed by atoms with Gasteiger partial charge in [-0.05, 0) is 32.1 Å². The van der Waals surface area contributed by atoms with Crippen molar-refractivity contribution in [2.45, 2.75) is 50.2 Å². The molecule has 1 saturated carbocycles. The highest BCUT2D eigenvalue weighted by Crippen LogP contribution is 2.26. The molecule has 6 heteroatoms. The smallest absolute Gasteiger partial charge is 0.407 e. The number of nitrogens with one attached hydrogen (secondary N) is 1. The molecule has 2 aliphatic rings. The normalized spacial score (nSPS) is 32.4. The molecule has 0 aromatic carbocycles. The minimum absolute atomic E-state index is 0.0147.